The van der Waals surface area contributed by atoms with E-state index in [9.17, 15) is 4.79 Å². The third kappa shape index (κ3) is 5.14. The fraction of sp³-hybridized carbons (Fsp3) is 0.400. The highest BCUT2D eigenvalue weighted by Crippen LogP contribution is 2.17. The minimum atomic E-state index is -0.270. The highest BCUT2D eigenvalue weighted by molar-refractivity contribution is 5.88. The SMILES string of the molecule is C/C=C/C=C\C(=O)NC(COC)c1ccc(CC)o1. The lowest BCUT2D eigenvalue weighted by Crippen LogP contribution is -2.29. The predicted octanol–water partition coefficient (Wildman–Crippen LogP) is 2.78. The van der Waals surface area contributed by atoms with Crippen LogP contribution in [0.5, 0.6) is 0 Å². The Morgan fingerprint density at radius 3 is 2.84 bits per heavy atom. The minimum absolute atomic E-state index is 0.172. The van der Waals surface area contributed by atoms with Crippen molar-refractivity contribution in [1.82, 2.24) is 5.32 Å². The molecule has 0 saturated carbocycles. The number of hydrogen-bond acceptors (Lipinski definition) is 3. The zero-order valence-electron chi connectivity index (χ0n) is 11.7. The second kappa shape index (κ2) is 8.32. The second-order valence-corrected chi connectivity index (χ2v) is 4.06. The largest absolute Gasteiger partial charge is 0.464 e. The van der Waals surface area contributed by atoms with Gasteiger partial charge in [-0.2, -0.15) is 0 Å². The zero-order valence-corrected chi connectivity index (χ0v) is 11.7. The fourth-order valence-corrected chi connectivity index (χ4v) is 1.61. The molecule has 0 aromatic carbocycles. The summed E-state index contributed by atoms with van der Waals surface area (Å²) < 4.78 is 10.8. The molecule has 19 heavy (non-hydrogen) atoms. The molecular weight excluding hydrogens is 242 g/mol. The van der Waals surface area contributed by atoms with Crippen LogP contribution in [0.2, 0.25) is 0 Å². The van der Waals surface area contributed by atoms with Crippen LogP contribution >= 0.6 is 0 Å². The molecule has 1 amide bonds. The highest BCUT2D eigenvalue weighted by Gasteiger charge is 2.16. The third-order valence-electron chi connectivity index (χ3n) is 2.58. The molecule has 1 unspecified atom stereocenters. The monoisotopic (exact) mass is 263 g/mol. The molecular formula is C15H21NO3. The van der Waals surface area contributed by atoms with Crippen LogP contribution in [-0.4, -0.2) is 19.6 Å². The molecule has 4 nitrogen and oxygen atoms in total. The van der Waals surface area contributed by atoms with Crippen molar-refractivity contribution in [3.63, 3.8) is 0 Å². The van der Waals surface area contributed by atoms with Crippen molar-refractivity contribution < 1.29 is 13.9 Å². The van der Waals surface area contributed by atoms with Crippen LogP contribution in [0.1, 0.15) is 31.4 Å². The van der Waals surface area contributed by atoms with Gasteiger partial charge in [0.25, 0.3) is 0 Å². The van der Waals surface area contributed by atoms with Gasteiger partial charge in [-0.15, -0.1) is 0 Å². The summed E-state index contributed by atoms with van der Waals surface area (Å²) in [5, 5.41) is 2.85. The van der Waals surface area contributed by atoms with Crippen LogP contribution in [0.4, 0.5) is 0 Å². The van der Waals surface area contributed by atoms with Gasteiger partial charge in [-0.1, -0.05) is 25.2 Å². The first-order valence-electron chi connectivity index (χ1n) is 6.38. The van der Waals surface area contributed by atoms with Crippen LogP contribution in [-0.2, 0) is 16.0 Å². The van der Waals surface area contributed by atoms with Crippen LogP contribution < -0.4 is 5.32 Å². The number of nitrogens with one attached hydrogen (secondary N) is 1. The van der Waals surface area contributed by atoms with E-state index in [4.69, 9.17) is 9.15 Å². The summed E-state index contributed by atoms with van der Waals surface area (Å²) in [6.07, 6.45) is 7.66. The Bertz CT molecular complexity index is 446. The maximum absolute atomic E-state index is 11.7. The minimum Gasteiger partial charge on any atom is -0.464 e. The van der Waals surface area contributed by atoms with E-state index >= 15 is 0 Å². The summed E-state index contributed by atoms with van der Waals surface area (Å²) in [7, 11) is 1.60. The van der Waals surface area contributed by atoms with Gasteiger partial charge in [0.05, 0.1) is 6.61 Å². The normalized spacial score (nSPS) is 13.2. The van der Waals surface area contributed by atoms with E-state index in [2.05, 4.69) is 5.32 Å². The highest BCUT2D eigenvalue weighted by atomic mass is 16.5. The number of allylic oxidation sites excluding steroid dienone is 3. The van der Waals surface area contributed by atoms with Gasteiger partial charge in [0, 0.05) is 19.6 Å². The Morgan fingerprint density at radius 1 is 1.47 bits per heavy atom. The number of methoxy groups -OCH3 is 1. The first kappa shape index (κ1) is 15.2. The van der Waals surface area contributed by atoms with Gasteiger partial charge in [0.2, 0.25) is 5.91 Å². The van der Waals surface area contributed by atoms with Crippen LogP contribution in [0.15, 0.2) is 40.9 Å². The molecule has 0 aliphatic heterocycles. The van der Waals surface area contributed by atoms with E-state index in [0.29, 0.717) is 12.4 Å². The molecule has 0 bridgehead atoms. The Labute approximate surface area is 114 Å². The fourth-order valence-electron chi connectivity index (χ4n) is 1.61. The van der Waals surface area contributed by atoms with Gasteiger partial charge in [-0.3, -0.25) is 4.79 Å². The lowest BCUT2D eigenvalue weighted by atomic mass is 10.2. The second-order valence-electron chi connectivity index (χ2n) is 4.06. The number of furan rings is 1. The molecule has 0 spiro atoms. The molecule has 0 radical (unpaired) electrons. The smallest absolute Gasteiger partial charge is 0.244 e. The molecule has 0 aliphatic rings. The number of rotatable bonds is 7. The Kier molecular flexibility index (Phi) is 6.68. The van der Waals surface area contributed by atoms with Crippen molar-refractivity contribution in [3.8, 4) is 0 Å². The molecule has 1 aromatic heterocycles. The molecule has 1 atom stereocenters. The van der Waals surface area contributed by atoms with E-state index < -0.39 is 0 Å². The average molecular weight is 263 g/mol. The summed E-state index contributed by atoms with van der Waals surface area (Å²) in [6.45, 7) is 4.29. The van der Waals surface area contributed by atoms with Crippen molar-refractivity contribution in [2.24, 2.45) is 0 Å². The molecule has 0 fully saturated rings. The number of carbonyl (C=O) groups excluding carboxylic acids is 1. The molecule has 0 aliphatic carbocycles. The molecule has 1 N–H and O–H groups in total. The Morgan fingerprint density at radius 2 is 2.26 bits per heavy atom. The molecule has 1 rings (SSSR count). The lowest BCUT2D eigenvalue weighted by molar-refractivity contribution is -0.117. The van der Waals surface area contributed by atoms with Crippen molar-refractivity contribution in [1.29, 1.82) is 0 Å². The number of ether oxygens (including phenoxy) is 1. The van der Waals surface area contributed by atoms with Crippen molar-refractivity contribution >= 4 is 5.91 Å². The number of hydrogen-bond donors (Lipinski definition) is 1. The van der Waals surface area contributed by atoms with Crippen molar-refractivity contribution in [2.75, 3.05) is 13.7 Å². The molecule has 4 heteroatoms. The van der Waals surface area contributed by atoms with Gasteiger partial charge < -0.3 is 14.5 Å². The Hall–Kier alpha value is -1.81. The summed E-state index contributed by atoms with van der Waals surface area (Å²) in [4.78, 5) is 11.7. The number of amides is 1. The third-order valence-corrected chi connectivity index (χ3v) is 2.58. The maximum Gasteiger partial charge on any atom is 0.244 e. The summed E-state index contributed by atoms with van der Waals surface area (Å²) in [5.74, 6) is 1.44. The van der Waals surface area contributed by atoms with Gasteiger partial charge in [0.1, 0.15) is 17.6 Å². The number of aryl methyl sites for hydroxylation is 1. The zero-order chi connectivity index (χ0) is 14.1. The van der Waals surface area contributed by atoms with Gasteiger partial charge in [0.15, 0.2) is 0 Å². The maximum atomic E-state index is 11.7. The average Bonchev–Trinajstić information content (AvgIpc) is 2.87. The summed E-state index contributed by atoms with van der Waals surface area (Å²) >= 11 is 0. The lowest BCUT2D eigenvalue weighted by Gasteiger charge is -2.14. The Balaban J connectivity index is 2.69. The van der Waals surface area contributed by atoms with Crippen LogP contribution in [0.25, 0.3) is 0 Å². The summed E-state index contributed by atoms with van der Waals surface area (Å²) in [6, 6.07) is 3.52. The summed E-state index contributed by atoms with van der Waals surface area (Å²) in [5.41, 5.74) is 0. The topological polar surface area (TPSA) is 51.5 Å². The van der Waals surface area contributed by atoms with E-state index in [0.717, 1.165) is 12.2 Å². The first-order chi connectivity index (χ1) is 9.21. The predicted molar refractivity (Wildman–Crippen MR) is 74.8 cm³/mol. The van der Waals surface area contributed by atoms with E-state index in [1.54, 1.807) is 19.3 Å². The van der Waals surface area contributed by atoms with Gasteiger partial charge >= 0.3 is 0 Å². The van der Waals surface area contributed by atoms with Crippen LogP contribution in [0, 0.1) is 0 Å². The van der Waals surface area contributed by atoms with Crippen LogP contribution in [0.3, 0.4) is 0 Å². The standard InChI is InChI=1S/C15H21NO3/c1-4-6-7-8-15(17)16-13(11-18-3)14-10-9-12(5-2)19-14/h4,6-10,13H,5,11H2,1-3H3,(H,16,17)/b6-4+,8-7-. The van der Waals surface area contributed by atoms with E-state index in [-0.39, 0.29) is 11.9 Å². The first-order valence-corrected chi connectivity index (χ1v) is 6.38. The van der Waals surface area contributed by atoms with Crippen molar-refractivity contribution in [3.05, 3.63) is 48.0 Å². The molecule has 0 saturated heterocycles. The van der Waals surface area contributed by atoms with E-state index in [1.807, 2.05) is 32.1 Å². The van der Waals surface area contributed by atoms with Gasteiger partial charge in [-0.05, 0) is 19.1 Å². The van der Waals surface area contributed by atoms with Gasteiger partial charge in [-0.25, -0.2) is 0 Å². The quantitative estimate of drug-likeness (QED) is 0.608. The molecule has 1 aromatic rings. The molecule has 104 valence electrons. The molecule has 1 heterocycles. The van der Waals surface area contributed by atoms with E-state index in [1.165, 1.54) is 6.08 Å². The van der Waals surface area contributed by atoms with Crippen molar-refractivity contribution in [2.45, 2.75) is 26.3 Å². The number of carbonyl (C=O) groups is 1.